The van der Waals surface area contributed by atoms with Gasteiger partial charge in [-0.3, -0.25) is 0 Å². The highest BCUT2D eigenvalue weighted by molar-refractivity contribution is 7.07. The van der Waals surface area contributed by atoms with Gasteiger partial charge in [0.2, 0.25) is 0 Å². The summed E-state index contributed by atoms with van der Waals surface area (Å²) >= 11 is 1.59. The van der Waals surface area contributed by atoms with E-state index in [0.29, 0.717) is 6.54 Å². The van der Waals surface area contributed by atoms with Crippen molar-refractivity contribution < 1.29 is 0 Å². The average Bonchev–Trinajstić information content (AvgIpc) is 2.70. The van der Waals surface area contributed by atoms with Crippen molar-refractivity contribution in [3.8, 4) is 0 Å². The maximum absolute atomic E-state index is 4.16. The lowest BCUT2D eigenvalue weighted by Gasteiger charge is -2.01. The number of aryl methyl sites for hydroxylation is 1. The van der Waals surface area contributed by atoms with E-state index in [1.165, 1.54) is 0 Å². The lowest BCUT2D eigenvalue weighted by atomic mass is 10.4. The van der Waals surface area contributed by atoms with Crippen LogP contribution < -0.4 is 5.32 Å². The topological polar surface area (TPSA) is 50.7 Å². The fraction of sp³-hybridized carbons (Fsp3) is 0.222. The Bertz CT molecular complexity index is 382. The molecule has 5 heteroatoms. The number of nitrogens with one attached hydrogen (secondary N) is 1. The first-order chi connectivity index (χ1) is 6.84. The molecule has 0 bridgehead atoms. The van der Waals surface area contributed by atoms with E-state index in [1.54, 1.807) is 11.3 Å². The van der Waals surface area contributed by atoms with Gasteiger partial charge in [0, 0.05) is 5.38 Å². The van der Waals surface area contributed by atoms with Gasteiger partial charge in [-0.15, -0.1) is 16.4 Å². The molecular weight excluding hydrogens is 196 g/mol. The maximum Gasteiger partial charge on any atom is 0.148 e. The molecule has 0 saturated heterocycles. The molecule has 4 nitrogen and oxygen atoms in total. The first-order valence-electron chi connectivity index (χ1n) is 4.26. The Hall–Kier alpha value is -1.49. The highest BCUT2D eigenvalue weighted by atomic mass is 32.1. The summed E-state index contributed by atoms with van der Waals surface area (Å²) in [5.41, 5.74) is 3.76. The molecule has 0 fully saturated rings. The van der Waals surface area contributed by atoms with E-state index in [9.17, 15) is 0 Å². The zero-order valence-corrected chi connectivity index (χ0v) is 8.58. The summed E-state index contributed by atoms with van der Waals surface area (Å²) in [5, 5.41) is 13.1. The summed E-state index contributed by atoms with van der Waals surface area (Å²) in [4.78, 5) is 4.16. The van der Waals surface area contributed by atoms with E-state index in [1.807, 2.05) is 29.9 Å². The van der Waals surface area contributed by atoms with Crippen LogP contribution >= 0.6 is 11.3 Å². The first kappa shape index (κ1) is 9.08. The largest absolute Gasteiger partial charge is 0.363 e. The lowest BCUT2D eigenvalue weighted by Crippen LogP contribution is -2.02. The van der Waals surface area contributed by atoms with Crippen molar-refractivity contribution in [3.63, 3.8) is 0 Å². The van der Waals surface area contributed by atoms with E-state index in [0.717, 1.165) is 17.2 Å². The Morgan fingerprint density at radius 1 is 1.36 bits per heavy atom. The van der Waals surface area contributed by atoms with Crippen LogP contribution in [0.25, 0.3) is 0 Å². The second-order valence-electron chi connectivity index (χ2n) is 2.89. The molecule has 2 heterocycles. The highest BCUT2D eigenvalue weighted by Gasteiger charge is 1.96. The van der Waals surface area contributed by atoms with Crippen LogP contribution in [0.15, 0.2) is 23.0 Å². The molecule has 0 aliphatic rings. The first-order valence-corrected chi connectivity index (χ1v) is 5.20. The third kappa shape index (κ3) is 2.26. The molecule has 72 valence electrons. The molecule has 0 aromatic carbocycles. The molecule has 0 spiro atoms. The van der Waals surface area contributed by atoms with Crippen LogP contribution in [0, 0.1) is 6.92 Å². The van der Waals surface area contributed by atoms with Gasteiger partial charge in [0.1, 0.15) is 5.82 Å². The van der Waals surface area contributed by atoms with Crippen LogP contribution in [-0.4, -0.2) is 15.2 Å². The molecule has 14 heavy (non-hydrogen) atoms. The van der Waals surface area contributed by atoms with Crippen molar-refractivity contribution in [2.24, 2.45) is 0 Å². The minimum Gasteiger partial charge on any atom is -0.363 e. The fourth-order valence-corrected chi connectivity index (χ4v) is 1.56. The Kier molecular flexibility index (Phi) is 2.69. The summed E-state index contributed by atoms with van der Waals surface area (Å²) in [5.74, 6) is 0.781. The van der Waals surface area contributed by atoms with Crippen molar-refractivity contribution >= 4 is 17.2 Å². The molecule has 0 aliphatic heterocycles. The van der Waals surface area contributed by atoms with Crippen molar-refractivity contribution in [2.75, 3.05) is 5.32 Å². The maximum atomic E-state index is 4.16. The Morgan fingerprint density at radius 2 is 2.29 bits per heavy atom. The van der Waals surface area contributed by atoms with Gasteiger partial charge in [-0.1, -0.05) is 0 Å². The summed E-state index contributed by atoms with van der Waals surface area (Å²) in [6.45, 7) is 2.61. The normalized spacial score (nSPS) is 10.1. The molecule has 2 aromatic heterocycles. The second kappa shape index (κ2) is 4.15. The smallest absolute Gasteiger partial charge is 0.148 e. The van der Waals surface area contributed by atoms with Gasteiger partial charge in [-0.2, -0.15) is 5.10 Å². The van der Waals surface area contributed by atoms with Crippen molar-refractivity contribution in [1.29, 1.82) is 0 Å². The molecule has 0 atom stereocenters. The molecule has 0 saturated carbocycles. The van der Waals surface area contributed by atoms with Crippen LogP contribution in [0.2, 0.25) is 0 Å². The quantitative estimate of drug-likeness (QED) is 0.832. The predicted octanol–water partition coefficient (Wildman–Crippen LogP) is 1.85. The molecule has 0 unspecified atom stereocenters. The minimum atomic E-state index is 0.696. The molecule has 0 aliphatic carbocycles. The number of rotatable bonds is 3. The standard InChI is InChI=1S/C9H10N4S/c1-7-2-3-9(13-12-7)10-4-8-5-14-6-11-8/h2-3,5-6H,4H2,1H3,(H,10,13). The molecule has 2 rings (SSSR count). The van der Waals surface area contributed by atoms with Gasteiger partial charge >= 0.3 is 0 Å². The summed E-state index contributed by atoms with van der Waals surface area (Å²) in [6.07, 6.45) is 0. The highest BCUT2D eigenvalue weighted by Crippen LogP contribution is 2.05. The van der Waals surface area contributed by atoms with E-state index in [4.69, 9.17) is 0 Å². The monoisotopic (exact) mass is 206 g/mol. The van der Waals surface area contributed by atoms with Crippen LogP contribution in [0.3, 0.4) is 0 Å². The van der Waals surface area contributed by atoms with Gasteiger partial charge in [-0.25, -0.2) is 4.98 Å². The van der Waals surface area contributed by atoms with Crippen molar-refractivity contribution in [1.82, 2.24) is 15.2 Å². The van der Waals surface area contributed by atoms with Crippen LogP contribution in [0.1, 0.15) is 11.4 Å². The predicted molar refractivity (Wildman–Crippen MR) is 56.2 cm³/mol. The Balaban J connectivity index is 1.95. The third-order valence-corrected chi connectivity index (χ3v) is 2.37. The average molecular weight is 206 g/mol. The van der Waals surface area contributed by atoms with E-state index in [2.05, 4.69) is 20.5 Å². The Labute approximate surface area is 86.0 Å². The molecule has 0 radical (unpaired) electrons. The van der Waals surface area contributed by atoms with Crippen molar-refractivity contribution in [2.45, 2.75) is 13.5 Å². The molecular formula is C9H10N4S. The van der Waals surface area contributed by atoms with E-state index in [-0.39, 0.29) is 0 Å². The van der Waals surface area contributed by atoms with Crippen molar-refractivity contribution in [3.05, 3.63) is 34.4 Å². The van der Waals surface area contributed by atoms with Gasteiger partial charge in [0.05, 0.1) is 23.4 Å². The second-order valence-corrected chi connectivity index (χ2v) is 3.61. The van der Waals surface area contributed by atoms with E-state index < -0.39 is 0 Å². The zero-order chi connectivity index (χ0) is 9.80. The number of anilines is 1. The van der Waals surface area contributed by atoms with Gasteiger partial charge in [0.15, 0.2) is 0 Å². The minimum absolute atomic E-state index is 0.696. The number of aromatic nitrogens is 3. The van der Waals surface area contributed by atoms with Crippen LogP contribution in [0.4, 0.5) is 5.82 Å². The summed E-state index contributed by atoms with van der Waals surface area (Å²) in [6, 6.07) is 3.84. The molecule has 0 amide bonds. The zero-order valence-electron chi connectivity index (χ0n) is 7.77. The number of hydrogen-bond acceptors (Lipinski definition) is 5. The Morgan fingerprint density at radius 3 is 2.93 bits per heavy atom. The van der Waals surface area contributed by atoms with Gasteiger partial charge in [-0.05, 0) is 19.1 Å². The SMILES string of the molecule is Cc1ccc(NCc2cscn2)nn1. The number of nitrogens with zero attached hydrogens (tertiary/aromatic N) is 3. The van der Waals surface area contributed by atoms with Crippen LogP contribution in [-0.2, 0) is 6.54 Å². The lowest BCUT2D eigenvalue weighted by molar-refractivity contribution is 0.955. The van der Waals surface area contributed by atoms with Gasteiger partial charge in [0.25, 0.3) is 0 Å². The third-order valence-electron chi connectivity index (χ3n) is 1.73. The van der Waals surface area contributed by atoms with Gasteiger partial charge < -0.3 is 5.32 Å². The molecule has 1 N–H and O–H groups in total. The van der Waals surface area contributed by atoms with E-state index >= 15 is 0 Å². The summed E-state index contributed by atoms with van der Waals surface area (Å²) < 4.78 is 0. The number of thiazole rings is 1. The summed E-state index contributed by atoms with van der Waals surface area (Å²) in [7, 11) is 0. The fourth-order valence-electron chi connectivity index (χ4n) is 0.999. The molecule has 2 aromatic rings. The number of hydrogen-bond donors (Lipinski definition) is 1. The van der Waals surface area contributed by atoms with Crippen LogP contribution in [0.5, 0.6) is 0 Å².